The summed E-state index contributed by atoms with van der Waals surface area (Å²) >= 11 is 3.46. The fourth-order valence-corrected chi connectivity index (χ4v) is 2.60. The number of fused-ring (bicyclic) bond motifs is 2. The molecule has 18 heavy (non-hydrogen) atoms. The largest absolute Gasteiger partial charge is 0.294 e. The zero-order chi connectivity index (χ0) is 12.5. The van der Waals surface area contributed by atoms with Crippen LogP contribution in [0.5, 0.6) is 0 Å². The van der Waals surface area contributed by atoms with Crippen LogP contribution in [-0.4, -0.2) is 5.78 Å². The van der Waals surface area contributed by atoms with Crippen LogP contribution in [0.25, 0.3) is 12.2 Å². The van der Waals surface area contributed by atoms with Crippen molar-refractivity contribution in [2.45, 2.75) is 6.42 Å². The second-order valence-electron chi connectivity index (χ2n) is 4.36. The molecule has 0 bridgehead atoms. The van der Waals surface area contributed by atoms with Gasteiger partial charge < -0.3 is 0 Å². The van der Waals surface area contributed by atoms with Crippen LogP contribution in [0.3, 0.4) is 0 Å². The Hall–Kier alpha value is -1.67. The van der Waals surface area contributed by atoms with E-state index in [2.05, 4.69) is 22.0 Å². The molecule has 0 fully saturated rings. The van der Waals surface area contributed by atoms with Crippen LogP contribution < -0.4 is 0 Å². The van der Waals surface area contributed by atoms with E-state index in [1.807, 2.05) is 48.5 Å². The van der Waals surface area contributed by atoms with Crippen molar-refractivity contribution in [3.8, 4) is 0 Å². The molecule has 3 rings (SSSR count). The van der Waals surface area contributed by atoms with Crippen molar-refractivity contribution in [1.29, 1.82) is 0 Å². The summed E-state index contributed by atoms with van der Waals surface area (Å²) in [6, 6.07) is 13.8. The van der Waals surface area contributed by atoms with Crippen LogP contribution in [0.1, 0.15) is 27.0 Å². The second kappa shape index (κ2) is 4.54. The number of carbonyl (C=O) groups excluding carboxylic acids is 1. The van der Waals surface area contributed by atoms with Gasteiger partial charge in [0.2, 0.25) is 0 Å². The highest BCUT2D eigenvalue weighted by Crippen LogP contribution is 2.24. The van der Waals surface area contributed by atoms with Gasteiger partial charge in [0.1, 0.15) is 0 Å². The molecule has 1 aliphatic rings. The quantitative estimate of drug-likeness (QED) is 0.706. The first kappa shape index (κ1) is 11.4. The second-order valence-corrected chi connectivity index (χ2v) is 5.28. The van der Waals surface area contributed by atoms with Gasteiger partial charge in [0.25, 0.3) is 0 Å². The van der Waals surface area contributed by atoms with Crippen LogP contribution in [0.4, 0.5) is 0 Å². The summed E-state index contributed by atoms with van der Waals surface area (Å²) in [6.45, 7) is 0. The molecule has 1 nitrogen and oxygen atoms in total. The molecular formula is C16H11BrO. The fraction of sp³-hybridized carbons (Fsp3) is 0.0625. The minimum atomic E-state index is 0.179. The summed E-state index contributed by atoms with van der Waals surface area (Å²) in [7, 11) is 0. The minimum Gasteiger partial charge on any atom is -0.294 e. The Morgan fingerprint density at radius 1 is 0.944 bits per heavy atom. The molecule has 2 heteroatoms. The van der Waals surface area contributed by atoms with Crippen molar-refractivity contribution >= 4 is 33.9 Å². The van der Waals surface area contributed by atoms with Crippen molar-refractivity contribution < 1.29 is 4.79 Å². The Morgan fingerprint density at radius 3 is 2.61 bits per heavy atom. The molecule has 0 unspecified atom stereocenters. The number of halogens is 1. The van der Waals surface area contributed by atoms with E-state index in [0.29, 0.717) is 6.42 Å². The van der Waals surface area contributed by atoms with Crippen LogP contribution >= 0.6 is 15.9 Å². The van der Waals surface area contributed by atoms with Gasteiger partial charge in [0, 0.05) is 16.5 Å². The highest BCUT2D eigenvalue weighted by molar-refractivity contribution is 9.10. The minimum absolute atomic E-state index is 0.179. The smallest absolute Gasteiger partial charge is 0.167 e. The molecule has 0 radical (unpaired) electrons. The summed E-state index contributed by atoms with van der Waals surface area (Å²) in [5.74, 6) is 0.179. The summed E-state index contributed by atoms with van der Waals surface area (Å²) in [4.78, 5) is 12.3. The molecule has 2 aromatic carbocycles. The van der Waals surface area contributed by atoms with Gasteiger partial charge in [-0.1, -0.05) is 58.4 Å². The number of hydrogen-bond acceptors (Lipinski definition) is 1. The zero-order valence-electron chi connectivity index (χ0n) is 9.69. The summed E-state index contributed by atoms with van der Waals surface area (Å²) in [5.41, 5.74) is 3.98. The number of rotatable bonds is 0. The van der Waals surface area contributed by atoms with E-state index in [9.17, 15) is 4.79 Å². The molecule has 88 valence electrons. The maximum absolute atomic E-state index is 12.3. The summed E-state index contributed by atoms with van der Waals surface area (Å²) in [6.07, 6.45) is 4.55. The van der Waals surface area contributed by atoms with E-state index >= 15 is 0 Å². The molecule has 0 heterocycles. The van der Waals surface area contributed by atoms with Crippen molar-refractivity contribution in [2.75, 3.05) is 0 Å². The van der Waals surface area contributed by atoms with Gasteiger partial charge in [-0.05, 0) is 28.8 Å². The van der Waals surface area contributed by atoms with Gasteiger partial charge in [0.15, 0.2) is 5.78 Å². The lowest BCUT2D eigenvalue weighted by molar-refractivity contribution is 0.0992. The molecule has 0 N–H and O–H groups in total. The predicted molar refractivity (Wildman–Crippen MR) is 77.5 cm³/mol. The maximum Gasteiger partial charge on any atom is 0.167 e. The number of hydrogen-bond donors (Lipinski definition) is 0. The lowest BCUT2D eigenvalue weighted by atomic mass is 9.92. The van der Waals surface area contributed by atoms with Crippen LogP contribution in [0.2, 0.25) is 0 Å². The Bertz CT molecular complexity index is 656. The van der Waals surface area contributed by atoms with E-state index in [-0.39, 0.29) is 5.78 Å². The van der Waals surface area contributed by atoms with E-state index in [1.54, 1.807) is 0 Å². The van der Waals surface area contributed by atoms with E-state index in [0.717, 1.165) is 26.7 Å². The molecule has 1 aliphatic carbocycles. The molecular weight excluding hydrogens is 288 g/mol. The Labute approximate surface area is 114 Å². The topological polar surface area (TPSA) is 17.1 Å². The highest BCUT2D eigenvalue weighted by atomic mass is 79.9. The number of carbonyl (C=O) groups is 1. The van der Waals surface area contributed by atoms with Gasteiger partial charge >= 0.3 is 0 Å². The van der Waals surface area contributed by atoms with Crippen molar-refractivity contribution in [3.05, 3.63) is 69.2 Å². The van der Waals surface area contributed by atoms with Crippen LogP contribution in [0, 0.1) is 0 Å². The standard InChI is InChI=1S/C16H11BrO/c17-14-8-7-13-10-16(18)15-4-2-1-3-11(15)5-6-12(13)9-14/h1-9H,10H2/b6-5-. The monoisotopic (exact) mass is 298 g/mol. The van der Waals surface area contributed by atoms with E-state index in [1.165, 1.54) is 0 Å². The molecule has 0 amide bonds. The normalized spacial score (nSPS) is 15.3. The molecule has 2 aromatic rings. The zero-order valence-corrected chi connectivity index (χ0v) is 11.3. The Balaban J connectivity index is 2.18. The average molecular weight is 299 g/mol. The van der Waals surface area contributed by atoms with Crippen molar-refractivity contribution in [3.63, 3.8) is 0 Å². The molecule has 0 saturated heterocycles. The summed E-state index contributed by atoms with van der Waals surface area (Å²) in [5, 5.41) is 0. The van der Waals surface area contributed by atoms with Gasteiger partial charge in [-0.2, -0.15) is 0 Å². The number of Topliss-reactive ketones (excluding diaryl/α,β-unsaturated/α-hetero) is 1. The third kappa shape index (κ3) is 2.04. The Kier molecular flexibility index (Phi) is 2.88. The number of ketones is 1. The summed E-state index contributed by atoms with van der Waals surface area (Å²) < 4.78 is 1.03. The Morgan fingerprint density at radius 2 is 1.72 bits per heavy atom. The number of benzene rings is 2. The fourth-order valence-electron chi connectivity index (χ4n) is 2.23. The lowest BCUT2D eigenvalue weighted by Crippen LogP contribution is -2.08. The first-order valence-electron chi connectivity index (χ1n) is 5.83. The lowest BCUT2D eigenvalue weighted by Gasteiger charge is -2.12. The van der Waals surface area contributed by atoms with Crippen molar-refractivity contribution in [2.24, 2.45) is 0 Å². The SMILES string of the molecule is O=C1Cc2ccc(Br)cc2/C=C\c2ccccc21. The van der Waals surface area contributed by atoms with E-state index < -0.39 is 0 Å². The maximum atomic E-state index is 12.3. The molecule has 0 saturated carbocycles. The third-order valence-corrected chi connectivity index (χ3v) is 3.66. The average Bonchev–Trinajstić information content (AvgIpc) is 2.37. The first-order valence-corrected chi connectivity index (χ1v) is 6.62. The van der Waals surface area contributed by atoms with Gasteiger partial charge in [-0.3, -0.25) is 4.79 Å². The van der Waals surface area contributed by atoms with Crippen LogP contribution in [-0.2, 0) is 6.42 Å². The molecule has 0 aromatic heterocycles. The van der Waals surface area contributed by atoms with E-state index in [4.69, 9.17) is 0 Å². The highest BCUT2D eigenvalue weighted by Gasteiger charge is 2.14. The first-order chi connectivity index (χ1) is 8.74. The molecule has 0 atom stereocenters. The van der Waals surface area contributed by atoms with Crippen LogP contribution in [0.15, 0.2) is 46.9 Å². The van der Waals surface area contributed by atoms with Crippen molar-refractivity contribution in [1.82, 2.24) is 0 Å². The molecule has 0 aliphatic heterocycles. The van der Waals surface area contributed by atoms with Gasteiger partial charge in [-0.15, -0.1) is 0 Å². The third-order valence-electron chi connectivity index (χ3n) is 3.16. The molecule has 0 spiro atoms. The van der Waals surface area contributed by atoms with Gasteiger partial charge in [0.05, 0.1) is 0 Å². The van der Waals surface area contributed by atoms with Gasteiger partial charge in [-0.25, -0.2) is 0 Å². The predicted octanol–water partition coefficient (Wildman–Crippen LogP) is 4.36.